The van der Waals surface area contributed by atoms with Crippen molar-refractivity contribution < 1.29 is 4.18 Å². The molecule has 24 heavy (non-hydrogen) atoms. The molecule has 0 amide bonds. The molecule has 3 aromatic rings. The first kappa shape index (κ1) is 16.4. The first-order valence-corrected chi connectivity index (χ1v) is 8.44. The molecule has 0 atom stereocenters. The Labute approximate surface area is 149 Å². The number of rotatable bonds is 5. The lowest BCUT2D eigenvalue weighted by Crippen LogP contribution is -1.89. The maximum atomic E-state index is 4.97. The lowest BCUT2D eigenvalue weighted by Gasteiger charge is -2.10. The molecule has 0 radical (unpaired) electrons. The lowest BCUT2D eigenvalue weighted by molar-refractivity contribution is 0.659. The zero-order chi connectivity index (χ0) is 16.8. The average Bonchev–Trinajstić information content (AvgIpc) is 2.67. The molecule has 0 saturated carbocycles. The molecule has 3 rings (SSSR count). The van der Waals surface area contributed by atoms with Crippen molar-refractivity contribution in [2.75, 3.05) is 0 Å². The fourth-order valence-electron chi connectivity index (χ4n) is 2.66. The Morgan fingerprint density at radius 1 is 0.833 bits per heavy atom. The van der Waals surface area contributed by atoms with E-state index in [2.05, 4.69) is 86.6 Å². The number of hydrogen-bond acceptors (Lipinski definition) is 2. The number of thiol groups is 1. The fourth-order valence-corrected chi connectivity index (χ4v) is 2.78. The zero-order valence-corrected chi connectivity index (χ0v) is 14.5. The van der Waals surface area contributed by atoms with Gasteiger partial charge < -0.3 is 4.18 Å². The minimum atomic E-state index is 0.738. The Hall–Kier alpha value is -2.45. The van der Waals surface area contributed by atoms with Gasteiger partial charge in [0.15, 0.2) is 0 Å². The summed E-state index contributed by atoms with van der Waals surface area (Å²) in [5.74, 6) is 0.738. The van der Waals surface area contributed by atoms with Crippen LogP contribution in [-0.2, 0) is 6.42 Å². The molecule has 0 aliphatic rings. The van der Waals surface area contributed by atoms with E-state index in [9.17, 15) is 0 Å². The van der Waals surface area contributed by atoms with E-state index in [0.29, 0.717) is 0 Å². The maximum absolute atomic E-state index is 4.97. The van der Waals surface area contributed by atoms with Gasteiger partial charge in [0.05, 0.1) is 0 Å². The topological polar surface area (TPSA) is 9.23 Å². The standard InChI is InChI=1S/C22H20OS/c1-2-17-8-10-18(11-9-17)16-22(19-6-4-3-5-7-19)20-12-14-21(23-24)15-13-20/h3-16,24H,2H2,1H3/b22-16+. The Balaban J connectivity index is 2.05. The normalized spacial score (nSPS) is 11.3. The van der Waals surface area contributed by atoms with Crippen LogP contribution in [0, 0.1) is 0 Å². The third-order valence-electron chi connectivity index (χ3n) is 4.05. The van der Waals surface area contributed by atoms with Crippen LogP contribution in [0.1, 0.15) is 29.2 Å². The van der Waals surface area contributed by atoms with Crippen LogP contribution in [0.2, 0.25) is 0 Å². The van der Waals surface area contributed by atoms with Gasteiger partial charge >= 0.3 is 0 Å². The van der Waals surface area contributed by atoms with Gasteiger partial charge in [0, 0.05) is 12.9 Å². The van der Waals surface area contributed by atoms with Gasteiger partial charge in [0.25, 0.3) is 0 Å². The summed E-state index contributed by atoms with van der Waals surface area (Å²) in [5.41, 5.74) is 6.07. The van der Waals surface area contributed by atoms with Crippen molar-refractivity contribution in [1.82, 2.24) is 0 Å². The van der Waals surface area contributed by atoms with E-state index in [1.165, 1.54) is 22.3 Å². The smallest absolute Gasteiger partial charge is 0.137 e. The summed E-state index contributed by atoms with van der Waals surface area (Å²) < 4.78 is 4.97. The highest BCUT2D eigenvalue weighted by molar-refractivity contribution is 7.75. The Morgan fingerprint density at radius 2 is 1.46 bits per heavy atom. The summed E-state index contributed by atoms with van der Waals surface area (Å²) in [6, 6.07) is 27.1. The average molecular weight is 332 g/mol. The van der Waals surface area contributed by atoms with Crippen LogP contribution >= 0.6 is 12.9 Å². The highest BCUT2D eigenvalue weighted by Crippen LogP contribution is 2.28. The van der Waals surface area contributed by atoms with E-state index in [1.54, 1.807) is 0 Å². The van der Waals surface area contributed by atoms with Gasteiger partial charge in [-0.15, -0.1) is 0 Å². The highest BCUT2D eigenvalue weighted by atomic mass is 32.1. The summed E-state index contributed by atoms with van der Waals surface area (Å²) in [6.45, 7) is 2.17. The molecule has 0 saturated heterocycles. The number of aryl methyl sites for hydroxylation is 1. The lowest BCUT2D eigenvalue weighted by atomic mass is 9.95. The van der Waals surface area contributed by atoms with Crippen molar-refractivity contribution in [3.8, 4) is 5.75 Å². The van der Waals surface area contributed by atoms with E-state index < -0.39 is 0 Å². The van der Waals surface area contributed by atoms with Crippen LogP contribution in [0.5, 0.6) is 5.75 Å². The molecule has 1 nitrogen and oxygen atoms in total. The second-order valence-electron chi connectivity index (χ2n) is 5.63. The van der Waals surface area contributed by atoms with Crippen LogP contribution in [0.25, 0.3) is 11.6 Å². The minimum Gasteiger partial charge on any atom is -0.429 e. The molecule has 0 N–H and O–H groups in total. The third-order valence-corrected chi connectivity index (χ3v) is 4.27. The number of hydrogen-bond donors (Lipinski definition) is 1. The fraction of sp³-hybridized carbons (Fsp3) is 0.0909. The van der Waals surface area contributed by atoms with Crippen molar-refractivity contribution in [1.29, 1.82) is 0 Å². The quantitative estimate of drug-likeness (QED) is 0.339. The van der Waals surface area contributed by atoms with E-state index >= 15 is 0 Å². The van der Waals surface area contributed by atoms with Gasteiger partial charge in [-0.1, -0.05) is 73.7 Å². The number of benzene rings is 3. The summed E-state index contributed by atoms with van der Waals surface area (Å²) in [6.07, 6.45) is 3.28. The molecular weight excluding hydrogens is 312 g/mol. The van der Waals surface area contributed by atoms with E-state index in [1.807, 2.05) is 18.2 Å². The first-order chi connectivity index (χ1) is 11.8. The summed E-state index contributed by atoms with van der Waals surface area (Å²) in [7, 11) is 0. The third kappa shape index (κ3) is 3.90. The summed E-state index contributed by atoms with van der Waals surface area (Å²) in [4.78, 5) is 0. The van der Waals surface area contributed by atoms with Gasteiger partial charge in [0.1, 0.15) is 5.75 Å². The van der Waals surface area contributed by atoms with E-state index in [0.717, 1.165) is 17.7 Å². The predicted molar refractivity (Wildman–Crippen MR) is 105 cm³/mol. The predicted octanol–water partition coefficient (Wildman–Crippen LogP) is 6.06. The Kier molecular flexibility index (Phi) is 5.39. The molecule has 3 aromatic carbocycles. The van der Waals surface area contributed by atoms with Crippen LogP contribution < -0.4 is 4.18 Å². The van der Waals surface area contributed by atoms with Gasteiger partial charge in [-0.2, -0.15) is 0 Å². The SMILES string of the molecule is CCc1ccc(/C=C(\c2ccccc2)c2ccc(OS)cc2)cc1. The van der Waals surface area contributed by atoms with E-state index in [-0.39, 0.29) is 0 Å². The van der Waals surface area contributed by atoms with Crippen LogP contribution in [0.4, 0.5) is 0 Å². The molecule has 0 aliphatic heterocycles. The molecule has 0 aromatic heterocycles. The molecule has 2 heteroatoms. The molecule has 120 valence electrons. The van der Waals surface area contributed by atoms with Gasteiger partial charge in [0.2, 0.25) is 0 Å². The Bertz CT molecular complexity index is 803. The van der Waals surface area contributed by atoms with Crippen molar-refractivity contribution in [2.45, 2.75) is 13.3 Å². The summed E-state index contributed by atoms with van der Waals surface area (Å²) >= 11 is 3.85. The van der Waals surface area contributed by atoms with Gasteiger partial charge in [-0.3, -0.25) is 0 Å². The largest absolute Gasteiger partial charge is 0.429 e. The van der Waals surface area contributed by atoms with Crippen molar-refractivity contribution >= 4 is 24.6 Å². The molecule has 0 heterocycles. The van der Waals surface area contributed by atoms with Crippen LogP contribution in [-0.4, -0.2) is 0 Å². The molecule has 0 unspecified atom stereocenters. The van der Waals surface area contributed by atoms with Gasteiger partial charge in [-0.05, 0) is 52.5 Å². The molecule has 0 bridgehead atoms. The highest BCUT2D eigenvalue weighted by Gasteiger charge is 2.06. The molecule has 0 aliphatic carbocycles. The summed E-state index contributed by atoms with van der Waals surface area (Å²) in [5, 5.41) is 0. The van der Waals surface area contributed by atoms with Crippen LogP contribution in [0.15, 0.2) is 78.9 Å². The van der Waals surface area contributed by atoms with Crippen molar-refractivity contribution in [3.05, 3.63) is 101 Å². The van der Waals surface area contributed by atoms with Crippen LogP contribution in [0.3, 0.4) is 0 Å². The molecule has 0 spiro atoms. The zero-order valence-electron chi connectivity index (χ0n) is 13.6. The van der Waals surface area contributed by atoms with Crippen molar-refractivity contribution in [3.63, 3.8) is 0 Å². The Morgan fingerprint density at radius 3 is 2.04 bits per heavy atom. The molecule has 0 fully saturated rings. The first-order valence-electron chi connectivity index (χ1n) is 8.08. The minimum absolute atomic E-state index is 0.738. The molecular formula is C22H20OS. The van der Waals surface area contributed by atoms with Crippen molar-refractivity contribution in [2.24, 2.45) is 0 Å². The second kappa shape index (κ2) is 7.89. The maximum Gasteiger partial charge on any atom is 0.137 e. The van der Waals surface area contributed by atoms with E-state index in [4.69, 9.17) is 4.18 Å². The van der Waals surface area contributed by atoms with Gasteiger partial charge in [-0.25, -0.2) is 0 Å². The monoisotopic (exact) mass is 332 g/mol. The second-order valence-corrected chi connectivity index (χ2v) is 5.82.